The average molecular weight is 333 g/mol. The minimum atomic E-state index is -3.54. The van der Waals surface area contributed by atoms with Gasteiger partial charge in [0.05, 0.1) is 31.1 Å². The Morgan fingerprint density at radius 1 is 1.52 bits per heavy atom. The third-order valence-electron chi connectivity index (χ3n) is 3.34. The van der Waals surface area contributed by atoms with Gasteiger partial charge in [-0.2, -0.15) is 4.31 Å². The molecule has 1 unspecified atom stereocenters. The van der Waals surface area contributed by atoms with E-state index in [0.29, 0.717) is 11.4 Å². The van der Waals surface area contributed by atoms with Crippen molar-refractivity contribution in [1.29, 1.82) is 0 Å². The molecule has 1 fully saturated rings. The number of carbonyl (C=O) groups excluding carboxylic acids is 1. The zero-order valence-electron chi connectivity index (χ0n) is 12.3. The lowest BCUT2D eigenvalue weighted by Crippen LogP contribution is -2.46. The summed E-state index contributed by atoms with van der Waals surface area (Å²) in [5, 5.41) is 0. The van der Waals surface area contributed by atoms with Gasteiger partial charge in [-0.25, -0.2) is 8.42 Å². The molecule has 6 nitrogen and oxygen atoms in total. The number of thiophene rings is 1. The fourth-order valence-electron chi connectivity index (χ4n) is 2.31. The van der Waals surface area contributed by atoms with Crippen LogP contribution in [0.3, 0.4) is 0 Å². The van der Waals surface area contributed by atoms with E-state index in [-0.39, 0.29) is 19.6 Å². The van der Waals surface area contributed by atoms with Crippen molar-refractivity contribution < 1.29 is 22.7 Å². The summed E-state index contributed by atoms with van der Waals surface area (Å²) < 4.78 is 36.8. The van der Waals surface area contributed by atoms with E-state index in [9.17, 15) is 13.2 Å². The zero-order chi connectivity index (χ0) is 15.6. The third-order valence-corrected chi connectivity index (χ3v) is 6.42. The maximum Gasteiger partial charge on any atom is 0.308 e. The summed E-state index contributed by atoms with van der Waals surface area (Å²) in [6.45, 7) is 4.44. The largest absolute Gasteiger partial charge is 0.469 e. The van der Waals surface area contributed by atoms with Gasteiger partial charge in [-0.15, -0.1) is 11.3 Å². The molecule has 0 saturated carbocycles. The Bertz CT molecular complexity index is 623. The molecule has 0 amide bonds. The van der Waals surface area contributed by atoms with Crippen molar-refractivity contribution in [3.63, 3.8) is 0 Å². The Morgan fingerprint density at radius 2 is 2.24 bits per heavy atom. The van der Waals surface area contributed by atoms with Crippen molar-refractivity contribution in [2.24, 2.45) is 0 Å². The first-order chi connectivity index (χ1) is 9.84. The Kier molecular flexibility index (Phi) is 5.03. The highest BCUT2D eigenvalue weighted by Crippen LogP contribution is 2.28. The molecule has 1 saturated heterocycles. The monoisotopic (exact) mass is 333 g/mol. The SMILES string of the molecule is COC(=O)CC1CN(S(=O)(=O)c2cc(C)sc2C)CCO1. The van der Waals surface area contributed by atoms with Gasteiger partial charge in [-0.1, -0.05) is 0 Å². The number of hydrogen-bond donors (Lipinski definition) is 0. The predicted octanol–water partition coefficient (Wildman–Crippen LogP) is 1.32. The maximum absolute atomic E-state index is 12.7. The first-order valence-corrected chi connectivity index (χ1v) is 8.86. The van der Waals surface area contributed by atoms with Gasteiger partial charge in [0.2, 0.25) is 10.0 Å². The summed E-state index contributed by atoms with van der Waals surface area (Å²) in [5.74, 6) is -0.401. The quantitative estimate of drug-likeness (QED) is 0.777. The van der Waals surface area contributed by atoms with Gasteiger partial charge >= 0.3 is 5.97 Å². The normalized spacial score (nSPS) is 20.4. The molecule has 2 rings (SSSR count). The number of methoxy groups -OCH3 is 1. The van der Waals surface area contributed by atoms with E-state index in [1.165, 1.54) is 22.8 Å². The molecule has 2 heterocycles. The van der Waals surface area contributed by atoms with E-state index in [1.54, 1.807) is 13.0 Å². The minimum absolute atomic E-state index is 0.0597. The van der Waals surface area contributed by atoms with Gasteiger partial charge in [-0.3, -0.25) is 4.79 Å². The number of carbonyl (C=O) groups is 1. The first kappa shape index (κ1) is 16.4. The second kappa shape index (κ2) is 6.43. The number of nitrogens with zero attached hydrogens (tertiary/aromatic N) is 1. The van der Waals surface area contributed by atoms with Crippen molar-refractivity contribution in [2.75, 3.05) is 26.8 Å². The van der Waals surface area contributed by atoms with E-state index in [4.69, 9.17) is 4.74 Å². The van der Waals surface area contributed by atoms with Crippen LogP contribution in [0.2, 0.25) is 0 Å². The highest BCUT2D eigenvalue weighted by molar-refractivity contribution is 7.89. The molecular weight excluding hydrogens is 314 g/mol. The molecule has 1 aliphatic heterocycles. The smallest absolute Gasteiger partial charge is 0.308 e. The highest BCUT2D eigenvalue weighted by atomic mass is 32.2. The van der Waals surface area contributed by atoms with Crippen LogP contribution in [0.5, 0.6) is 0 Å². The van der Waals surface area contributed by atoms with Crippen molar-refractivity contribution in [1.82, 2.24) is 4.31 Å². The second-order valence-corrected chi connectivity index (χ2v) is 8.28. The van der Waals surface area contributed by atoms with E-state index < -0.39 is 22.1 Å². The summed E-state index contributed by atoms with van der Waals surface area (Å²) >= 11 is 1.46. The lowest BCUT2D eigenvalue weighted by molar-refractivity contribution is -0.145. The number of morpholine rings is 1. The minimum Gasteiger partial charge on any atom is -0.469 e. The molecule has 0 N–H and O–H groups in total. The van der Waals surface area contributed by atoms with E-state index in [0.717, 1.165) is 9.75 Å². The van der Waals surface area contributed by atoms with Crippen LogP contribution >= 0.6 is 11.3 Å². The summed E-state index contributed by atoms with van der Waals surface area (Å²) in [7, 11) is -2.23. The van der Waals surface area contributed by atoms with Crippen molar-refractivity contribution in [3.05, 3.63) is 15.8 Å². The molecule has 0 spiro atoms. The molecule has 21 heavy (non-hydrogen) atoms. The summed E-state index contributed by atoms with van der Waals surface area (Å²) in [6.07, 6.45) is -0.398. The maximum atomic E-state index is 12.7. The van der Waals surface area contributed by atoms with Crippen LogP contribution in [-0.2, 0) is 24.3 Å². The molecule has 0 aromatic carbocycles. The van der Waals surface area contributed by atoms with Gasteiger partial charge in [0.1, 0.15) is 0 Å². The van der Waals surface area contributed by atoms with Crippen molar-refractivity contribution >= 4 is 27.3 Å². The average Bonchev–Trinajstić information content (AvgIpc) is 2.78. The molecule has 8 heteroatoms. The second-order valence-electron chi connectivity index (χ2n) is 4.91. The number of hydrogen-bond acceptors (Lipinski definition) is 6. The fourth-order valence-corrected chi connectivity index (χ4v) is 5.29. The van der Waals surface area contributed by atoms with Crippen LogP contribution in [0.25, 0.3) is 0 Å². The Balaban J connectivity index is 2.16. The van der Waals surface area contributed by atoms with Crippen LogP contribution in [-0.4, -0.2) is 51.6 Å². The van der Waals surface area contributed by atoms with Crippen molar-refractivity contribution in [3.8, 4) is 0 Å². The zero-order valence-corrected chi connectivity index (χ0v) is 13.9. The molecule has 0 bridgehead atoms. The van der Waals surface area contributed by atoms with Gasteiger partial charge in [0.15, 0.2) is 0 Å². The lowest BCUT2D eigenvalue weighted by atomic mass is 10.2. The Labute approximate surface area is 128 Å². The topological polar surface area (TPSA) is 72.9 Å². The molecule has 118 valence electrons. The molecule has 1 atom stereocenters. The summed E-state index contributed by atoms with van der Waals surface area (Å²) in [4.78, 5) is 13.4. The molecule has 0 radical (unpaired) electrons. The Morgan fingerprint density at radius 3 is 2.81 bits per heavy atom. The van der Waals surface area contributed by atoms with Gasteiger partial charge < -0.3 is 9.47 Å². The van der Waals surface area contributed by atoms with E-state index >= 15 is 0 Å². The third kappa shape index (κ3) is 3.63. The predicted molar refractivity (Wildman–Crippen MR) is 78.9 cm³/mol. The first-order valence-electron chi connectivity index (χ1n) is 6.60. The number of esters is 1. The standard InChI is InChI=1S/C13H19NO5S2/c1-9-6-12(10(2)20-9)21(16,17)14-4-5-19-11(8-14)7-13(15)18-3/h6,11H,4-5,7-8H2,1-3H3. The van der Waals surface area contributed by atoms with Crippen LogP contribution < -0.4 is 0 Å². The molecule has 0 aliphatic carbocycles. The summed E-state index contributed by atoms with van der Waals surface area (Å²) in [6, 6.07) is 1.69. The van der Waals surface area contributed by atoms with Crippen LogP contribution in [0.1, 0.15) is 16.2 Å². The van der Waals surface area contributed by atoms with Gasteiger partial charge in [0, 0.05) is 22.8 Å². The summed E-state index contributed by atoms with van der Waals surface area (Å²) in [5.41, 5.74) is 0. The van der Waals surface area contributed by atoms with Crippen LogP contribution in [0.15, 0.2) is 11.0 Å². The van der Waals surface area contributed by atoms with E-state index in [1.807, 2.05) is 6.92 Å². The van der Waals surface area contributed by atoms with E-state index in [2.05, 4.69) is 4.74 Å². The molecule has 1 aromatic heterocycles. The van der Waals surface area contributed by atoms with Crippen molar-refractivity contribution in [2.45, 2.75) is 31.3 Å². The van der Waals surface area contributed by atoms with Crippen LogP contribution in [0, 0.1) is 13.8 Å². The van der Waals surface area contributed by atoms with Crippen LogP contribution in [0.4, 0.5) is 0 Å². The number of rotatable bonds is 4. The van der Waals surface area contributed by atoms with Gasteiger partial charge in [0.25, 0.3) is 0 Å². The van der Waals surface area contributed by atoms with Gasteiger partial charge in [-0.05, 0) is 19.9 Å². The molecule has 1 aromatic rings. The number of ether oxygens (including phenoxy) is 2. The fraction of sp³-hybridized carbons (Fsp3) is 0.615. The number of aryl methyl sites for hydroxylation is 2. The number of sulfonamides is 1. The lowest BCUT2D eigenvalue weighted by Gasteiger charge is -2.31. The molecular formula is C13H19NO5S2. The molecule has 1 aliphatic rings. The Hall–Kier alpha value is -0.960. The highest BCUT2D eigenvalue weighted by Gasteiger charge is 2.33.